The van der Waals surface area contributed by atoms with Gasteiger partial charge in [0.25, 0.3) is 0 Å². The summed E-state index contributed by atoms with van der Waals surface area (Å²) in [5, 5.41) is 8.04. The molecule has 0 saturated carbocycles. The zero-order chi connectivity index (χ0) is 14.5. The van der Waals surface area contributed by atoms with Gasteiger partial charge < -0.3 is 5.32 Å². The SMILES string of the molecule is CCCn1ncc(Br)c1C(NCC)c1ccccc1Br. The van der Waals surface area contributed by atoms with Crippen LogP contribution in [0.2, 0.25) is 0 Å². The van der Waals surface area contributed by atoms with Gasteiger partial charge >= 0.3 is 0 Å². The van der Waals surface area contributed by atoms with Gasteiger partial charge in [-0.05, 0) is 40.5 Å². The molecule has 3 nitrogen and oxygen atoms in total. The van der Waals surface area contributed by atoms with E-state index in [2.05, 4.69) is 79.0 Å². The zero-order valence-corrected chi connectivity index (χ0v) is 14.9. The van der Waals surface area contributed by atoms with E-state index in [1.807, 2.05) is 12.3 Å². The summed E-state index contributed by atoms with van der Waals surface area (Å²) in [5.41, 5.74) is 2.41. The predicted octanol–water partition coefficient (Wildman–Crippen LogP) is 4.52. The molecule has 0 aliphatic carbocycles. The van der Waals surface area contributed by atoms with Gasteiger partial charge in [0.1, 0.15) is 0 Å². The molecule has 0 aliphatic heterocycles. The van der Waals surface area contributed by atoms with Crippen LogP contribution in [0.3, 0.4) is 0 Å². The number of benzene rings is 1. The fraction of sp³-hybridized carbons (Fsp3) is 0.400. The molecule has 0 saturated heterocycles. The normalized spacial score (nSPS) is 12.6. The van der Waals surface area contributed by atoms with Crippen LogP contribution in [-0.4, -0.2) is 16.3 Å². The summed E-state index contributed by atoms with van der Waals surface area (Å²) < 4.78 is 4.24. The highest BCUT2D eigenvalue weighted by atomic mass is 79.9. The van der Waals surface area contributed by atoms with Crippen molar-refractivity contribution >= 4 is 31.9 Å². The Balaban J connectivity index is 2.49. The summed E-state index contributed by atoms with van der Waals surface area (Å²) in [5.74, 6) is 0. The van der Waals surface area contributed by atoms with Crippen molar-refractivity contribution in [3.05, 3.63) is 50.7 Å². The number of hydrogen-bond donors (Lipinski definition) is 1. The quantitative estimate of drug-likeness (QED) is 0.772. The van der Waals surface area contributed by atoms with Gasteiger partial charge in [-0.1, -0.05) is 48.0 Å². The van der Waals surface area contributed by atoms with E-state index < -0.39 is 0 Å². The van der Waals surface area contributed by atoms with Crippen molar-refractivity contribution in [2.75, 3.05) is 6.54 Å². The summed E-state index contributed by atoms with van der Waals surface area (Å²) in [6, 6.07) is 8.45. The zero-order valence-electron chi connectivity index (χ0n) is 11.7. The van der Waals surface area contributed by atoms with Crippen LogP contribution in [0, 0.1) is 0 Å². The molecule has 2 rings (SSSR count). The first-order valence-electron chi connectivity index (χ1n) is 6.88. The van der Waals surface area contributed by atoms with Crippen molar-refractivity contribution in [1.29, 1.82) is 0 Å². The van der Waals surface area contributed by atoms with Crippen molar-refractivity contribution in [2.24, 2.45) is 0 Å². The fourth-order valence-electron chi connectivity index (χ4n) is 2.32. The van der Waals surface area contributed by atoms with E-state index in [4.69, 9.17) is 0 Å². The molecule has 0 amide bonds. The molecule has 1 unspecified atom stereocenters. The lowest BCUT2D eigenvalue weighted by molar-refractivity contribution is 0.518. The van der Waals surface area contributed by atoms with Crippen LogP contribution in [0.25, 0.3) is 0 Å². The standard InChI is InChI=1S/C15H19Br2N3/c1-3-9-20-15(13(17)10-19-20)14(18-4-2)11-7-5-6-8-12(11)16/h5-8,10,14,18H,3-4,9H2,1-2H3. The number of aromatic nitrogens is 2. The van der Waals surface area contributed by atoms with Crippen LogP contribution in [0.1, 0.15) is 37.6 Å². The Kier molecular flexibility index (Phi) is 5.81. The fourth-order valence-corrected chi connectivity index (χ4v) is 3.36. The summed E-state index contributed by atoms with van der Waals surface area (Å²) in [6.45, 7) is 6.11. The Morgan fingerprint density at radius 1 is 1.20 bits per heavy atom. The van der Waals surface area contributed by atoms with Gasteiger partial charge in [-0.3, -0.25) is 4.68 Å². The molecule has 5 heteroatoms. The molecule has 2 aromatic rings. The predicted molar refractivity (Wildman–Crippen MR) is 89.9 cm³/mol. The molecule has 0 bridgehead atoms. The van der Waals surface area contributed by atoms with Gasteiger partial charge in [0, 0.05) is 11.0 Å². The van der Waals surface area contributed by atoms with Gasteiger partial charge in [-0.25, -0.2) is 0 Å². The van der Waals surface area contributed by atoms with Crippen molar-refractivity contribution < 1.29 is 0 Å². The molecule has 108 valence electrons. The molecule has 1 atom stereocenters. The molecule has 0 spiro atoms. The second-order valence-electron chi connectivity index (χ2n) is 4.61. The van der Waals surface area contributed by atoms with Gasteiger partial charge in [0.05, 0.1) is 22.4 Å². The minimum absolute atomic E-state index is 0.124. The summed E-state index contributed by atoms with van der Waals surface area (Å²) >= 11 is 7.30. The second kappa shape index (κ2) is 7.38. The Bertz CT molecular complexity index is 566. The van der Waals surface area contributed by atoms with Crippen molar-refractivity contribution in [3.63, 3.8) is 0 Å². The Labute approximate surface area is 137 Å². The highest BCUT2D eigenvalue weighted by molar-refractivity contribution is 9.10. The average Bonchev–Trinajstić information content (AvgIpc) is 2.79. The van der Waals surface area contributed by atoms with Crippen LogP contribution in [0.15, 0.2) is 39.4 Å². The van der Waals surface area contributed by atoms with Crippen LogP contribution in [0.4, 0.5) is 0 Å². The summed E-state index contributed by atoms with van der Waals surface area (Å²) in [6.07, 6.45) is 2.95. The molecule has 20 heavy (non-hydrogen) atoms. The Hall–Kier alpha value is -0.650. The van der Waals surface area contributed by atoms with Crippen molar-refractivity contribution in [1.82, 2.24) is 15.1 Å². The van der Waals surface area contributed by atoms with Gasteiger partial charge in [-0.2, -0.15) is 5.10 Å². The number of halogens is 2. The van der Waals surface area contributed by atoms with E-state index in [1.54, 1.807) is 0 Å². The highest BCUT2D eigenvalue weighted by Crippen LogP contribution is 2.32. The van der Waals surface area contributed by atoms with Crippen LogP contribution in [-0.2, 0) is 6.54 Å². The van der Waals surface area contributed by atoms with Gasteiger partial charge in [0.15, 0.2) is 0 Å². The third kappa shape index (κ3) is 3.32. The first-order valence-corrected chi connectivity index (χ1v) is 8.46. The molecule has 0 aliphatic rings. The topological polar surface area (TPSA) is 29.9 Å². The molecule has 0 fully saturated rings. The Morgan fingerprint density at radius 2 is 1.95 bits per heavy atom. The molecule has 1 aromatic carbocycles. The van der Waals surface area contributed by atoms with E-state index >= 15 is 0 Å². The minimum Gasteiger partial charge on any atom is -0.305 e. The van der Waals surface area contributed by atoms with Crippen LogP contribution < -0.4 is 5.32 Å². The van der Waals surface area contributed by atoms with Gasteiger partial charge in [-0.15, -0.1) is 0 Å². The monoisotopic (exact) mass is 399 g/mol. The number of hydrogen-bond acceptors (Lipinski definition) is 2. The minimum atomic E-state index is 0.124. The average molecular weight is 401 g/mol. The lowest BCUT2D eigenvalue weighted by atomic mass is 10.0. The molecular formula is C15H19Br2N3. The smallest absolute Gasteiger partial charge is 0.0770 e. The number of aryl methyl sites for hydroxylation is 1. The number of nitrogens with zero attached hydrogens (tertiary/aromatic N) is 2. The van der Waals surface area contributed by atoms with E-state index in [0.29, 0.717) is 0 Å². The lowest BCUT2D eigenvalue weighted by Gasteiger charge is -2.21. The molecule has 0 radical (unpaired) electrons. The van der Waals surface area contributed by atoms with E-state index in [-0.39, 0.29) is 6.04 Å². The number of rotatable bonds is 6. The molecule has 1 aromatic heterocycles. The molecular weight excluding hydrogens is 382 g/mol. The third-order valence-corrected chi connectivity index (χ3v) is 4.50. The maximum Gasteiger partial charge on any atom is 0.0770 e. The maximum absolute atomic E-state index is 4.48. The van der Waals surface area contributed by atoms with Crippen molar-refractivity contribution in [2.45, 2.75) is 32.9 Å². The molecule has 1 N–H and O–H groups in total. The third-order valence-electron chi connectivity index (χ3n) is 3.17. The first-order chi connectivity index (χ1) is 9.69. The highest BCUT2D eigenvalue weighted by Gasteiger charge is 2.22. The number of nitrogens with one attached hydrogen (secondary N) is 1. The van der Waals surface area contributed by atoms with Crippen molar-refractivity contribution in [3.8, 4) is 0 Å². The van der Waals surface area contributed by atoms with Crippen LogP contribution >= 0.6 is 31.9 Å². The van der Waals surface area contributed by atoms with E-state index in [1.165, 1.54) is 11.3 Å². The summed E-state index contributed by atoms with van der Waals surface area (Å²) in [7, 11) is 0. The largest absolute Gasteiger partial charge is 0.305 e. The lowest BCUT2D eigenvalue weighted by Crippen LogP contribution is -2.25. The Morgan fingerprint density at radius 3 is 2.60 bits per heavy atom. The molecule has 1 heterocycles. The second-order valence-corrected chi connectivity index (χ2v) is 6.32. The first kappa shape index (κ1) is 15.7. The van der Waals surface area contributed by atoms with Crippen LogP contribution in [0.5, 0.6) is 0 Å². The van der Waals surface area contributed by atoms with E-state index in [0.717, 1.165) is 28.5 Å². The maximum atomic E-state index is 4.48. The van der Waals surface area contributed by atoms with Gasteiger partial charge in [0.2, 0.25) is 0 Å². The summed E-state index contributed by atoms with van der Waals surface area (Å²) in [4.78, 5) is 0. The van der Waals surface area contributed by atoms with E-state index in [9.17, 15) is 0 Å².